The summed E-state index contributed by atoms with van der Waals surface area (Å²) in [5.74, 6) is -0.163. The minimum Gasteiger partial charge on any atom is -0.457 e. The molecule has 1 saturated heterocycles. The van der Waals surface area contributed by atoms with E-state index < -0.39 is 5.91 Å². The zero-order valence-corrected chi connectivity index (χ0v) is 18.0. The van der Waals surface area contributed by atoms with E-state index in [-0.39, 0.29) is 11.5 Å². The average Bonchev–Trinajstić information content (AvgIpc) is 2.87. The number of nitroso groups, excluding NO2 is 1. The molecule has 0 aliphatic carbocycles. The van der Waals surface area contributed by atoms with Crippen molar-refractivity contribution in [3.63, 3.8) is 0 Å². The molecule has 0 radical (unpaired) electrons. The Morgan fingerprint density at radius 2 is 1.59 bits per heavy atom. The summed E-state index contributed by atoms with van der Waals surface area (Å²) in [5.41, 5.74) is 2.06. The molecule has 0 saturated carbocycles. The minimum atomic E-state index is -0.914. The maximum Gasteiger partial charge on any atom is 0.335 e. The molecule has 1 amide bonds. The van der Waals surface area contributed by atoms with E-state index in [1.54, 1.807) is 42.5 Å². The van der Waals surface area contributed by atoms with Crippen molar-refractivity contribution in [3.05, 3.63) is 77.1 Å². The van der Waals surface area contributed by atoms with Crippen LogP contribution in [0.2, 0.25) is 0 Å². The second-order valence-electron chi connectivity index (χ2n) is 6.67. The predicted octanol–water partition coefficient (Wildman–Crippen LogP) is 5.45. The molecular weight excluding hydrogens is 413 g/mol. The van der Waals surface area contributed by atoms with E-state index in [1.807, 2.05) is 19.9 Å². The van der Waals surface area contributed by atoms with E-state index in [0.29, 0.717) is 43.5 Å². The lowest BCUT2D eigenvalue weighted by Gasteiger charge is -2.29. The van der Waals surface area contributed by atoms with Crippen LogP contribution in [-0.4, -0.2) is 37.2 Å². The summed E-state index contributed by atoms with van der Waals surface area (Å²) in [6.07, 6.45) is 0. The number of pyridine rings is 1. The summed E-state index contributed by atoms with van der Waals surface area (Å²) in [6.45, 7) is 6.52. The third kappa shape index (κ3) is 5.73. The van der Waals surface area contributed by atoms with Gasteiger partial charge in [0.2, 0.25) is 0 Å². The number of benzene rings is 2. The van der Waals surface area contributed by atoms with Gasteiger partial charge in [0.15, 0.2) is 0 Å². The molecule has 0 spiro atoms. The zero-order chi connectivity index (χ0) is 22.9. The molecule has 2 aromatic carbocycles. The van der Waals surface area contributed by atoms with E-state index in [2.05, 4.69) is 15.1 Å². The van der Waals surface area contributed by atoms with Crippen molar-refractivity contribution in [3.8, 4) is 22.8 Å². The zero-order valence-electron chi connectivity index (χ0n) is 18.0. The Morgan fingerprint density at radius 1 is 1.00 bits per heavy atom. The summed E-state index contributed by atoms with van der Waals surface area (Å²) < 4.78 is 24.1. The molecule has 0 bridgehead atoms. The van der Waals surface area contributed by atoms with Crippen LogP contribution in [0.4, 0.5) is 10.1 Å². The second kappa shape index (κ2) is 11.1. The van der Waals surface area contributed by atoms with Crippen molar-refractivity contribution in [1.82, 2.24) is 4.98 Å². The van der Waals surface area contributed by atoms with E-state index in [9.17, 15) is 14.1 Å². The molecule has 4 rings (SSSR count). The maximum absolute atomic E-state index is 13.0. The lowest BCUT2D eigenvalue weighted by Crippen LogP contribution is -2.36. The Bertz CT molecular complexity index is 1050. The van der Waals surface area contributed by atoms with Crippen LogP contribution in [0, 0.1) is 10.7 Å². The number of aromatic nitrogens is 1. The number of anilines is 1. The van der Waals surface area contributed by atoms with Gasteiger partial charge in [-0.05, 0) is 60.7 Å². The first-order chi connectivity index (χ1) is 15.6. The van der Waals surface area contributed by atoms with E-state index >= 15 is 0 Å². The van der Waals surface area contributed by atoms with Gasteiger partial charge in [0.1, 0.15) is 23.0 Å². The van der Waals surface area contributed by atoms with E-state index in [1.165, 1.54) is 12.1 Å². The van der Waals surface area contributed by atoms with Gasteiger partial charge in [0.25, 0.3) is 0 Å². The van der Waals surface area contributed by atoms with Crippen LogP contribution >= 0.6 is 0 Å². The van der Waals surface area contributed by atoms with Gasteiger partial charge >= 0.3 is 5.91 Å². The number of ether oxygens (including phenoxy) is 2. The highest BCUT2D eigenvalue weighted by molar-refractivity contribution is 5.94. The van der Waals surface area contributed by atoms with Crippen LogP contribution in [-0.2, 0) is 4.74 Å². The molecule has 1 aromatic heterocycles. The average molecular weight is 437 g/mol. The Balaban J connectivity index is 0.00000141. The Hall–Kier alpha value is -3.65. The molecule has 3 aromatic rings. The Morgan fingerprint density at radius 3 is 2.19 bits per heavy atom. The lowest BCUT2D eigenvalue weighted by molar-refractivity contribution is 0.0996. The van der Waals surface area contributed by atoms with Gasteiger partial charge in [0, 0.05) is 29.5 Å². The highest BCUT2D eigenvalue weighted by Crippen LogP contribution is 2.28. The van der Waals surface area contributed by atoms with Gasteiger partial charge in [-0.15, -0.1) is 4.91 Å². The largest absolute Gasteiger partial charge is 0.457 e. The van der Waals surface area contributed by atoms with Crippen LogP contribution in [0.3, 0.4) is 0 Å². The molecule has 2 heterocycles. The molecule has 8 heteroatoms. The number of hydrogen-bond acceptors (Lipinski definition) is 6. The third-order valence-electron chi connectivity index (χ3n) is 4.69. The molecule has 1 aliphatic heterocycles. The smallest absolute Gasteiger partial charge is 0.335 e. The quantitative estimate of drug-likeness (QED) is 0.494. The second-order valence-corrected chi connectivity index (χ2v) is 6.67. The fourth-order valence-corrected chi connectivity index (χ4v) is 3.16. The van der Waals surface area contributed by atoms with Crippen LogP contribution in [0.5, 0.6) is 11.5 Å². The molecule has 0 atom stereocenters. The molecule has 0 N–H and O–H groups in total. The number of nitrogens with zero attached hydrogens (tertiary/aromatic N) is 3. The number of halogens is 1. The van der Waals surface area contributed by atoms with Crippen LogP contribution in [0.1, 0.15) is 24.3 Å². The van der Waals surface area contributed by atoms with Crippen molar-refractivity contribution in [2.75, 3.05) is 31.2 Å². The standard InChI is InChI=1S/C22H18FN3O4.C2H6/c23-16-3-7-19(8-4-16)30-18-5-1-15(2-6-18)20-13-17(26-9-11-29-12-10-26)14-21(24-20)22(27)25-28;1-2/h1-8,13-14H,9-12H2;1-2H3. The summed E-state index contributed by atoms with van der Waals surface area (Å²) in [5, 5.41) is 2.51. The van der Waals surface area contributed by atoms with Crippen molar-refractivity contribution < 1.29 is 18.7 Å². The summed E-state index contributed by atoms with van der Waals surface area (Å²) in [4.78, 5) is 29.0. The highest BCUT2D eigenvalue weighted by Gasteiger charge is 2.17. The van der Waals surface area contributed by atoms with E-state index in [0.717, 1.165) is 11.3 Å². The van der Waals surface area contributed by atoms with Gasteiger partial charge in [-0.1, -0.05) is 13.8 Å². The Labute approximate surface area is 185 Å². The van der Waals surface area contributed by atoms with Crippen LogP contribution < -0.4 is 9.64 Å². The SMILES string of the molecule is CC.O=NC(=O)c1cc(N2CCOCC2)cc(-c2ccc(Oc3ccc(F)cc3)cc2)n1. The monoisotopic (exact) mass is 437 g/mol. The van der Waals surface area contributed by atoms with Gasteiger partial charge in [-0.25, -0.2) is 9.37 Å². The fourth-order valence-electron chi connectivity index (χ4n) is 3.16. The molecule has 1 fully saturated rings. The molecule has 166 valence electrons. The van der Waals surface area contributed by atoms with Gasteiger partial charge in [0.05, 0.1) is 18.9 Å². The molecule has 0 unspecified atom stereocenters. The minimum absolute atomic E-state index is 0.00405. The number of rotatable bonds is 5. The van der Waals surface area contributed by atoms with Gasteiger partial charge in [-0.3, -0.25) is 4.79 Å². The predicted molar refractivity (Wildman–Crippen MR) is 121 cm³/mol. The van der Waals surface area contributed by atoms with Gasteiger partial charge in [-0.2, -0.15) is 0 Å². The Kier molecular flexibility index (Phi) is 7.99. The fraction of sp³-hybridized carbons (Fsp3) is 0.250. The first kappa shape index (κ1) is 23.0. The first-order valence-electron chi connectivity index (χ1n) is 10.4. The van der Waals surface area contributed by atoms with Gasteiger partial charge < -0.3 is 14.4 Å². The summed E-state index contributed by atoms with van der Waals surface area (Å²) in [7, 11) is 0. The van der Waals surface area contributed by atoms with Crippen molar-refractivity contribution in [2.24, 2.45) is 5.18 Å². The maximum atomic E-state index is 13.0. The van der Waals surface area contributed by atoms with Crippen molar-refractivity contribution in [1.29, 1.82) is 0 Å². The number of carbonyl (C=O) groups is 1. The number of hydrogen-bond donors (Lipinski definition) is 0. The normalized spacial score (nSPS) is 13.0. The van der Waals surface area contributed by atoms with Crippen molar-refractivity contribution >= 4 is 11.6 Å². The number of morpholine rings is 1. The first-order valence-corrected chi connectivity index (χ1v) is 10.4. The summed E-state index contributed by atoms with van der Waals surface area (Å²) in [6, 6.07) is 16.3. The molecule has 1 aliphatic rings. The molecule has 32 heavy (non-hydrogen) atoms. The molecule has 7 nitrogen and oxygen atoms in total. The van der Waals surface area contributed by atoms with Crippen LogP contribution in [0.15, 0.2) is 65.8 Å². The number of amides is 1. The summed E-state index contributed by atoms with van der Waals surface area (Å²) >= 11 is 0. The highest BCUT2D eigenvalue weighted by atomic mass is 19.1. The van der Waals surface area contributed by atoms with Crippen molar-refractivity contribution in [2.45, 2.75) is 13.8 Å². The lowest BCUT2D eigenvalue weighted by atomic mass is 10.1. The number of carbonyl (C=O) groups excluding carboxylic acids is 1. The van der Waals surface area contributed by atoms with E-state index in [4.69, 9.17) is 9.47 Å². The third-order valence-corrected chi connectivity index (χ3v) is 4.69. The topological polar surface area (TPSA) is 81.1 Å². The molecular formula is C24H24FN3O4. The van der Waals surface area contributed by atoms with Crippen LogP contribution in [0.25, 0.3) is 11.3 Å².